The van der Waals surface area contributed by atoms with Crippen molar-refractivity contribution in [3.8, 4) is 5.75 Å². The lowest BCUT2D eigenvalue weighted by atomic mass is 9.98. The van der Waals surface area contributed by atoms with E-state index in [1.54, 1.807) is 44.4 Å². The van der Waals surface area contributed by atoms with Crippen LogP contribution in [-0.4, -0.2) is 35.5 Å². The third-order valence-corrected chi connectivity index (χ3v) is 5.80. The highest BCUT2D eigenvalue weighted by Gasteiger charge is 2.35. The van der Waals surface area contributed by atoms with Gasteiger partial charge in [0, 0.05) is 30.1 Å². The van der Waals surface area contributed by atoms with Gasteiger partial charge in [0.15, 0.2) is 5.82 Å². The van der Waals surface area contributed by atoms with E-state index in [2.05, 4.69) is 15.8 Å². The van der Waals surface area contributed by atoms with E-state index >= 15 is 0 Å². The Bertz CT molecular complexity index is 1260. The summed E-state index contributed by atoms with van der Waals surface area (Å²) < 4.78 is 10.3. The summed E-state index contributed by atoms with van der Waals surface area (Å²) in [6.07, 6.45) is 0.449. The fourth-order valence-corrected chi connectivity index (χ4v) is 4.08. The number of para-hydroxylation sites is 1. The molecule has 3 rings (SSSR count). The van der Waals surface area contributed by atoms with Crippen LogP contribution in [0.15, 0.2) is 59.1 Å². The number of nitrogens with one attached hydrogen (secondary N) is 2. The first kappa shape index (κ1) is 28.4. The first-order chi connectivity index (χ1) is 18.0. The van der Waals surface area contributed by atoms with Crippen LogP contribution in [0.4, 0.5) is 11.5 Å². The molecule has 2 aromatic carbocycles. The molecule has 2 N–H and O–H groups in total. The van der Waals surface area contributed by atoms with E-state index in [1.165, 1.54) is 4.90 Å². The van der Waals surface area contributed by atoms with Gasteiger partial charge in [-0.25, -0.2) is 0 Å². The van der Waals surface area contributed by atoms with E-state index in [0.29, 0.717) is 29.2 Å². The van der Waals surface area contributed by atoms with Crippen molar-refractivity contribution in [1.82, 2.24) is 10.5 Å². The minimum Gasteiger partial charge on any atom is -0.497 e. The second-order valence-corrected chi connectivity index (χ2v) is 10.0. The fourth-order valence-electron chi connectivity index (χ4n) is 4.08. The van der Waals surface area contributed by atoms with Gasteiger partial charge in [-0.2, -0.15) is 0 Å². The summed E-state index contributed by atoms with van der Waals surface area (Å²) in [5.74, 6) is 0.414. The first-order valence-electron chi connectivity index (χ1n) is 12.6. The quantitative estimate of drug-likeness (QED) is 0.391. The average molecular weight is 521 g/mol. The summed E-state index contributed by atoms with van der Waals surface area (Å²) in [7, 11) is 1.57. The van der Waals surface area contributed by atoms with Crippen LogP contribution in [0.25, 0.3) is 0 Å². The Balaban J connectivity index is 2.00. The summed E-state index contributed by atoms with van der Waals surface area (Å²) in [6.45, 7) is 9.37. The number of aromatic nitrogens is 1. The summed E-state index contributed by atoms with van der Waals surface area (Å²) in [5.41, 5.74) is 1.62. The van der Waals surface area contributed by atoms with Crippen molar-refractivity contribution in [2.75, 3.05) is 17.3 Å². The molecule has 1 aromatic heterocycles. The second-order valence-electron chi connectivity index (χ2n) is 10.0. The lowest BCUT2D eigenvalue weighted by molar-refractivity contribution is -0.128. The number of rotatable bonds is 10. The fraction of sp³-hybridized carbons (Fsp3) is 0.379. The van der Waals surface area contributed by atoms with Crippen molar-refractivity contribution >= 4 is 29.2 Å². The molecular formula is C29H36N4O5. The Morgan fingerprint density at radius 1 is 1.05 bits per heavy atom. The Kier molecular flexibility index (Phi) is 9.28. The number of hydrogen-bond acceptors (Lipinski definition) is 6. The second kappa shape index (κ2) is 12.4. The molecule has 1 atom stereocenters. The van der Waals surface area contributed by atoms with Crippen molar-refractivity contribution in [3.63, 3.8) is 0 Å². The number of methoxy groups -OCH3 is 1. The summed E-state index contributed by atoms with van der Waals surface area (Å²) in [6, 6.07) is 15.2. The molecule has 1 heterocycles. The maximum atomic E-state index is 13.9. The minimum absolute atomic E-state index is 0.0915. The van der Waals surface area contributed by atoms with Crippen LogP contribution in [0.3, 0.4) is 0 Å². The number of anilines is 2. The van der Waals surface area contributed by atoms with Crippen molar-refractivity contribution in [2.24, 2.45) is 0 Å². The Morgan fingerprint density at radius 2 is 1.74 bits per heavy atom. The van der Waals surface area contributed by atoms with Crippen LogP contribution in [0.1, 0.15) is 63.5 Å². The number of nitrogens with zero attached hydrogens (tertiary/aromatic N) is 2. The summed E-state index contributed by atoms with van der Waals surface area (Å²) in [4.78, 5) is 41.8. The Morgan fingerprint density at radius 3 is 2.32 bits per heavy atom. The predicted molar refractivity (Wildman–Crippen MR) is 146 cm³/mol. The van der Waals surface area contributed by atoms with Crippen LogP contribution in [0.5, 0.6) is 5.75 Å². The SMILES string of the molecule is CCc1ccccc1N(C(=O)CCC(=O)Nc1cc(C)on1)[C@@H](C(=O)NC(C)(C)C)c1ccc(OC)cc1. The molecule has 9 nitrogen and oxygen atoms in total. The van der Waals surface area contributed by atoms with Crippen molar-refractivity contribution in [3.05, 3.63) is 71.5 Å². The monoisotopic (exact) mass is 520 g/mol. The Hall–Kier alpha value is -4.14. The molecule has 0 saturated heterocycles. The highest BCUT2D eigenvalue weighted by molar-refractivity contribution is 6.03. The number of carbonyl (C=O) groups excluding carboxylic acids is 3. The third kappa shape index (κ3) is 7.44. The zero-order valence-corrected chi connectivity index (χ0v) is 22.8. The van der Waals surface area contributed by atoms with Crippen LogP contribution >= 0.6 is 0 Å². The molecule has 0 fully saturated rings. The smallest absolute Gasteiger partial charge is 0.248 e. The lowest BCUT2D eigenvalue weighted by Gasteiger charge is -2.35. The maximum Gasteiger partial charge on any atom is 0.248 e. The molecule has 3 amide bonds. The van der Waals surface area contributed by atoms with Gasteiger partial charge in [0.25, 0.3) is 0 Å². The minimum atomic E-state index is -0.971. The van der Waals surface area contributed by atoms with E-state index in [4.69, 9.17) is 9.26 Å². The van der Waals surface area contributed by atoms with E-state index in [0.717, 1.165) is 5.56 Å². The normalized spacial score (nSPS) is 11.9. The zero-order valence-electron chi connectivity index (χ0n) is 22.8. The van der Waals surface area contributed by atoms with Gasteiger partial charge in [-0.3, -0.25) is 19.3 Å². The number of hydrogen-bond donors (Lipinski definition) is 2. The van der Waals surface area contributed by atoms with E-state index in [-0.39, 0.29) is 36.4 Å². The van der Waals surface area contributed by atoms with Crippen LogP contribution in [0, 0.1) is 6.92 Å². The van der Waals surface area contributed by atoms with Gasteiger partial charge in [-0.15, -0.1) is 0 Å². The van der Waals surface area contributed by atoms with Gasteiger partial charge < -0.3 is 19.9 Å². The molecule has 0 saturated carbocycles. The molecule has 3 aromatic rings. The molecule has 0 aliphatic rings. The molecule has 202 valence electrons. The van der Waals surface area contributed by atoms with Gasteiger partial charge >= 0.3 is 0 Å². The predicted octanol–water partition coefficient (Wildman–Crippen LogP) is 4.96. The molecule has 9 heteroatoms. The number of amides is 3. The first-order valence-corrected chi connectivity index (χ1v) is 12.6. The van der Waals surface area contributed by atoms with Crippen molar-refractivity contribution in [2.45, 2.75) is 65.5 Å². The van der Waals surface area contributed by atoms with Gasteiger partial charge in [-0.1, -0.05) is 42.4 Å². The van der Waals surface area contributed by atoms with Gasteiger partial charge in [-0.05, 0) is 63.4 Å². The van der Waals surface area contributed by atoms with Crippen LogP contribution < -0.4 is 20.3 Å². The molecular weight excluding hydrogens is 484 g/mol. The number of aryl methyl sites for hydroxylation is 2. The van der Waals surface area contributed by atoms with Gasteiger partial charge in [0.05, 0.1) is 7.11 Å². The van der Waals surface area contributed by atoms with Crippen LogP contribution in [-0.2, 0) is 20.8 Å². The maximum absolute atomic E-state index is 13.9. The van der Waals surface area contributed by atoms with E-state index in [9.17, 15) is 14.4 Å². The Labute approximate surface area is 223 Å². The molecule has 38 heavy (non-hydrogen) atoms. The lowest BCUT2D eigenvalue weighted by Crippen LogP contribution is -2.49. The number of carbonyl (C=O) groups is 3. The molecule has 0 spiro atoms. The number of benzene rings is 2. The topological polar surface area (TPSA) is 114 Å². The summed E-state index contributed by atoms with van der Waals surface area (Å²) >= 11 is 0. The third-order valence-electron chi connectivity index (χ3n) is 5.80. The molecule has 0 aliphatic heterocycles. The molecule has 0 radical (unpaired) electrons. The molecule has 0 bridgehead atoms. The molecule has 0 aliphatic carbocycles. The average Bonchev–Trinajstić information content (AvgIpc) is 3.29. The number of ether oxygens (including phenoxy) is 1. The van der Waals surface area contributed by atoms with E-state index < -0.39 is 11.6 Å². The zero-order chi connectivity index (χ0) is 27.9. The van der Waals surface area contributed by atoms with Crippen LogP contribution in [0.2, 0.25) is 0 Å². The highest BCUT2D eigenvalue weighted by atomic mass is 16.5. The molecule has 0 unspecified atom stereocenters. The summed E-state index contributed by atoms with van der Waals surface area (Å²) in [5, 5.41) is 9.43. The van der Waals surface area contributed by atoms with E-state index in [1.807, 2.05) is 52.0 Å². The van der Waals surface area contributed by atoms with Gasteiger partial charge in [0.1, 0.15) is 17.6 Å². The standard InChI is InChI=1S/C29H36N4O5/c1-7-20-10-8-9-11-23(20)33(26(35)17-16-25(34)30-24-18-19(2)38-32-24)27(28(36)31-29(3,4)5)21-12-14-22(37-6)15-13-21/h8-15,18,27H,7,16-17H2,1-6H3,(H,31,36)(H,30,32,34)/t27-/m1/s1. The van der Waals surface area contributed by atoms with Crippen molar-refractivity contribution in [1.29, 1.82) is 0 Å². The van der Waals surface area contributed by atoms with Crippen molar-refractivity contribution < 1.29 is 23.6 Å². The van der Waals surface area contributed by atoms with Gasteiger partial charge in [0.2, 0.25) is 17.7 Å². The highest BCUT2D eigenvalue weighted by Crippen LogP contribution is 2.33. The largest absolute Gasteiger partial charge is 0.497 e.